The van der Waals surface area contributed by atoms with Gasteiger partial charge in [-0.25, -0.2) is 4.98 Å². The number of rotatable bonds is 4. The smallest absolute Gasteiger partial charge is 0.225 e. The Bertz CT molecular complexity index is 1130. The zero-order valence-electron chi connectivity index (χ0n) is 19.4. The number of hydrogen-bond acceptors (Lipinski definition) is 5. The minimum atomic E-state index is 0.0976. The van der Waals surface area contributed by atoms with E-state index in [1.165, 1.54) is 11.1 Å². The van der Waals surface area contributed by atoms with Gasteiger partial charge in [-0.1, -0.05) is 11.6 Å². The minimum absolute atomic E-state index is 0.0976. The number of anilines is 2. The predicted octanol–water partition coefficient (Wildman–Crippen LogP) is 3.98. The van der Waals surface area contributed by atoms with Crippen LogP contribution in [0.15, 0.2) is 36.5 Å². The number of benzene rings is 1. The summed E-state index contributed by atoms with van der Waals surface area (Å²) in [6.45, 7) is 9.95. The van der Waals surface area contributed by atoms with Crippen LogP contribution in [0.2, 0.25) is 5.02 Å². The van der Waals surface area contributed by atoms with E-state index in [4.69, 9.17) is 16.6 Å². The molecular formula is C25H31ClN6O. The lowest BCUT2D eigenvalue weighted by Crippen LogP contribution is -2.51. The van der Waals surface area contributed by atoms with Crippen molar-refractivity contribution in [1.82, 2.24) is 19.7 Å². The van der Waals surface area contributed by atoms with Gasteiger partial charge in [0.15, 0.2) is 5.82 Å². The largest absolute Gasteiger partial charge is 0.368 e. The summed E-state index contributed by atoms with van der Waals surface area (Å²) in [4.78, 5) is 24.7. The Balaban J connectivity index is 1.20. The first kappa shape index (κ1) is 22.0. The number of hydrogen-bond donors (Lipinski definition) is 0. The van der Waals surface area contributed by atoms with Crippen LogP contribution in [0, 0.1) is 12.8 Å². The molecule has 33 heavy (non-hydrogen) atoms. The first-order chi connectivity index (χ1) is 16.0. The Labute approximate surface area is 199 Å². The lowest BCUT2D eigenvalue weighted by Gasteiger charge is -2.39. The topological polar surface area (TPSA) is 57.5 Å². The maximum atomic E-state index is 13.2. The Morgan fingerprint density at radius 3 is 2.36 bits per heavy atom. The third kappa shape index (κ3) is 4.26. The van der Waals surface area contributed by atoms with Crippen LogP contribution in [-0.4, -0.2) is 64.8 Å². The van der Waals surface area contributed by atoms with Crippen LogP contribution in [0.4, 0.5) is 11.5 Å². The third-order valence-electron chi connectivity index (χ3n) is 7.05. The van der Waals surface area contributed by atoms with Gasteiger partial charge < -0.3 is 14.7 Å². The summed E-state index contributed by atoms with van der Waals surface area (Å²) in [7, 11) is 0. The Kier molecular flexibility index (Phi) is 6.15. The van der Waals surface area contributed by atoms with Crippen molar-refractivity contribution in [2.45, 2.75) is 33.2 Å². The van der Waals surface area contributed by atoms with Crippen LogP contribution in [-0.2, 0) is 11.3 Å². The predicted molar refractivity (Wildman–Crippen MR) is 133 cm³/mol. The van der Waals surface area contributed by atoms with E-state index in [0.717, 1.165) is 80.7 Å². The summed E-state index contributed by atoms with van der Waals surface area (Å²) in [5.41, 5.74) is 3.32. The van der Waals surface area contributed by atoms with E-state index in [-0.39, 0.29) is 5.92 Å². The molecule has 0 saturated carbocycles. The molecule has 2 aromatic heterocycles. The number of halogens is 1. The summed E-state index contributed by atoms with van der Waals surface area (Å²) in [5, 5.41) is 6.59. The Morgan fingerprint density at radius 2 is 1.70 bits per heavy atom. The molecule has 4 heterocycles. The number of amides is 1. The standard InChI is InChI=1S/C25H31ClN6O/c1-3-32-23-22(18(2)28-32)8-11-27-24(23)30-12-9-19(10-13-30)25(33)31-16-14-29(15-17-31)21-6-4-20(26)5-7-21/h4-8,11,19H,3,9-10,12-17H2,1-2H3. The average Bonchev–Trinajstić information content (AvgIpc) is 3.20. The first-order valence-electron chi connectivity index (χ1n) is 11.9. The highest BCUT2D eigenvalue weighted by molar-refractivity contribution is 6.30. The molecule has 0 N–H and O–H groups in total. The van der Waals surface area contributed by atoms with Crippen molar-refractivity contribution in [3.63, 3.8) is 0 Å². The molecule has 174 valence electrons. The van der Waals surface area contributed by atoms with Crippen molar-refractivity contribution < 1.29 is 4.79 Å². The molecule has 0 unspecified atom stereocenters. The molecule has 2 aliphatic heterocycles. The van der Waals surface area contributed by atoms with E-state index in [0.29, 0.717) is 5.91 Å². The van der Waals surface area contributed by atoms with Crippen molar-refractivity contribution >= 4 is 39.9 Å². The van der Waals surface area contributed by atoms with Gasteiger partial charge in [0.1, 0.15) is 5.52 Å². The molecule has 7 nitrogen and oxygen atoms in total. The molecule has 5 rings (SSSR count). The summed E-state index contributed by atoms with van der Waals surface area (Å²) in [6, 6.07) is 10.00. The van der Waals surface area contributed by atoms with Crippen LogP contribution in [0.3, 0.4) is 0 Å². The van der Waals surface area contributed by atoms with E-state index >= 15 is 0 Å². The van der Waals surface area contributed by atoms with E-state index < -0.39 is 0 Å². The lowest BCUT2D eigenvalue weighted by atomic mass is 9.94. The van der Waals surface area contributed by atoms with Crippen molar-refractivity contribution in [1.29, 1.82) is 0 Å². The van der Waals surface area contributed by atoms with Gasteiger partial charge in [0.2, 0.25) is 5.91 Å². The number of carbonyl (C=O) groups is 1. The Morgan fingerprint density at radius 1 is 1.00 bits per heavy atom. The molecule has 0 aliphatic carbocycles. The van der Waals surface area contributed by atoms with Gasteiger partial charge in [0.05, 0.1) is 5.69 Å². The lowest BCUT2D eigenvalue weighted by molar-refractivity contribution is -0.136. The third-order valence-corrected chi connectivity index (χ3v) is 7.30. The number of nitrogens with zero attached hydrogens (tertiary/aromatic N) is 6. The molecule has 2 fully saturated rings. The first-order valence-corrected chi connectivity index (χ1v) is 12.3. The van der Waals surface area contributed by atoms with Crippen LogP contribution in [0.25, 0.3) is 10.9 Å². The normalized spacial score (nSPS) is 17.7. The molecule has 8 heteroatoms. The van der Waals surface area contributed by atoms with E-state index in [9.17, 15) is 4.79 Å². The van der Waals surface area contributed by atoms with Crippen molar-refractivity contribution in [2.75, 3.05) is 49.1 Å². The number of carbonyl (C=O) groups excluding carboxylic acids is 1. The fourth-order valence-corrected chi connectivity index (χ4v) is 5.29. The molecule has 1 amide bonds. The molecule has 0 atom stereocenters. The summed E-state index contributed by atoms with van der Waals surface area (Å²) >= 11 is 6.01. The summed E-state index contributed by atoms with van der Waals surface area (Å²) < 4.78 is 2.05. The fourth-order valence-electron chi connectivity index (χ4n) is 5.17. The van der Waals surface area contributed by atoms with Crippen molar-refractivity contribution in [3.8, 4) is 0 Å². The highest BCUT2D eigenvalue weighted by Crippen LogP contribution is 2.31. The van der Waals surface area contributed by atoms with E-state index in [1.54, 1.807) is 0 Å². The fraction of sp³-hybridized carbons (Fsp3) is 0.480. The molecule has 0 radical (unpaired) electrons. The van der Waals surface area contributed by atoms with Gasteiger partial charge in [-0.2, -0.15) is 5.10 Å². The second kappa shape index (κ2) is 9.21. The molecule has 0 bridgehead atoms. The Hall–Kier alpha value is -2.80. The number of pyridine rings is 1. The molecule has 2 saturated heterocycles. The molecule has 0 spiro atoms. The highest BCUT2D eigenvalue weighted by atomic mass is 35.5. The average molecular weight is 467 g/mol. The van der Waals surface area contributed by atoms with E-state index in [2.05, 4.69) is 45.8 Å². The maximum Gasteiger partial charge on any atom is 0.225 e. The molecule has 1 aromatic carbocycles. The van der Waals surface area contributed by atoms with Gasteiger partial charge >= 0.3 is 0 Å². The van der Waals surface area contributed by atoms with Gasteiger partial charge in [0, 0.05) is 74.0 Å². The number of piperidine rings is 1. The van der Waals surface area contributed by atoms with Crippen molar-refractivity contribution in [2.24, 2.45) is 5.92 Å². The zero-order chi connectivity index (χ0) is 22.9. The summed E-state index contributed by atoms with van der Waals surface area (Å²) in [5.74, 6) is 1.41. The van der Waals surface area contributed by atoms with Crippen LogP contribution in [0.1, 0.15) is 25.5 Å². The van der Waals surface area contributed by atoms with Crippen LogP contribution in [0.5, 0.6) is 0 Å². The minimum Gasteiger partial charge on any atom is -0.368 e. The summed E-state index contributed by atoms with van der Waals surface area (Å²) in [6.07, 6.45) is 3.62. The van der Waals surface area contributed by atoms with Crippen LogP contribution >= 0.6 is 11.6 Å². The van der Waals surface area contributed by atoms with Gasteiger partial charge in [-0.15, -0.1) is 0 Å². The molecule has 2 aliphatic rings. The van der Waals surface area contributed by atoms with E-state index in [1.807, 2.05) is 29.1 Å². The second-order valence-corrected chi connectivity index (χ2v) is 9.42. The maximum absolute atomic E-state index is 13.2. The van der Waals surface area contributed by atoms with Crippen molar-refractivity contribution in [3.05, 3.63) is 47.2 Å². The molecule has 3 aromatic rings. The van der Waals surface area contributed by atoms with Gasteiger partial charge in [-0.3, -0.25) is 9.48 Å². The van der Waals surface area contributed by atoms with Gasteiger partial charge in [0.25, 0.3) is 0 Å². The number of aromatic nitrogens is 3. The monoisotopic (exact) mass is 466 g/mol. The SMILES string of the molecule is CCn1nc(C)c2ccnc(N3CCC(C(=O)N4CCN(c5ccc(Cl)cc5)CC4)CC3)c21. The van der Waals surface area contributed by atoms with Crippen LogP contribution < -0.4 is 9.80 Å². The number of fused-ring (bicyclic) bond motifs is 1. The molecular weight excluding hydrogens is 436 g/mol. The van der Waals surface area contributed by atoms with Gasteiger partial charge in [-0.05, 0) is 57.0 Å². The number of piperazine rings is 1. The second-order valence-electron chi connectivity index (χ2n) is 8.98. The quantitative estimate of drug-likeness (QED) is 0.582. The highest BCUT2D eigenvalue weighted by Gasteiger charge is 2.31. The number of aryl methyl sites for hydroxylation is 2. The zero-order valence-corrected chi connectivity index (χ0v) is 20.1.